The highest BCUT2D eigenvalue weighted by molar-refractivity contribution is 6.25. The van der Waals surface area contributed by atoms with E-state index in [1.54, 1.807) is 13.8 Å². The maximum absolute atomic E-state index is 12.5. The van der Waals surface area contributed by atoms with Crippen molar-refractivity contribution >= 4 is 17.3 Å². The molecule has 94 valence electrons. The standard InChI is InChI=1S/C12H13ClF3N/c1-8(6-13)7-17-11-5-10(12(14,15)16)4-3-9(11)2/h3-6,17H,7H2,1-2H3/b8-6-. The summed E-state index contributed by atoms with van der Waals surface area (Å²) in [4.78, 5) is 0. The van der Waals surface area contributed by atoms with Gasteiger partial charge in [-0.15, -0.1) is 0 Å². The van der Waals surface area contributed by atoms with Crippen LogP contribution in [0.3, 0.4) is 0 Å². The van der Waals surface area contributed by atoms with E-state index in [9.17, 15) is 13.2 Å². The van der Waals surface area contributed by atoms with Gasteiger partial charge in [0.25, 0.3) is 0 Å². The topological polar surface area (TPSA) is 12.0 Å². The molecule has 17 heavy (non-hydrogen) atoms. The number of nitrogens with one attached hydrogen (secondary N) is 1. The van der Waals surface area contributed by atoms with Gasteiger partial charge in [-0.25, -0.2) is 0 Å². The highest BCUT2D eigenvalue weighted by atomic mass is 35.5. The predicted octanol–water partition coefficient (Wildman–Crippen LogP) is 4.57. The lowest BCUT2D eigenvalue weighted by molar-refractivity contribution is -0.137. The zero-order chi connectivity index (χ0) is 13.1. The normalized spacial score (nSPS) is 12.7. The summed E-state index contributed by atoms with van der Waals surface area (Å²) in [7, 11) is 0. The predicted molar refractivity (Wildman–Crippen MR) is 64.3 cm³/mol. The van der Waals surface area contributed by atoms with Crippen LogP contribution in [0.15, 0.2) is 29.3 Å². The summed E-state index contributed by atoms with van der Waals surface area (Å²) in [5.74, 6) is 0. The first-order valence-corrected chi connectivity index (χ1v) is 5.46. The average Bonchev–Trinajstić information content (AvgIpc) is 2.26. The van der Waals surface area contributed by atoms with Gasteiger partial charge in [0.15, 0.2) is 0 Å². The average molecular weight is 264 g/mol. The Kier molecular flexibility index (Phi) is 4.46. The molecule has 1 aromatic rings. The molecule has 1 aromatic carbocycles. The quantitative estimate of drug-likeness (QED) is 0.842. The van der Waals surface area contributed by atoms with E-state index in [2.05, 4.69) is 5.32 Å². The molecular weight excluding hydrogens is 251 g/mol. The molecule has 0 heterocycles. The van der Waals surface area contributed by atoms with E-state index in [1.807, 2.05) is 0 Å². The van der Waals surface area contributed by atoms with E-state index in [1.165, 1.54) is 11.6 Å². The largest absolute Gasteiger partial charge is 0.416 e. The minimum atomic E-state index is -4.32. The Labute approximate surface area is 103 Å². The molecule has 0 bridgehead atoms. The summed E-state index contributed by atoms with van der Waals surface area (Å²) in [6.45, 7) is 3.97. The van der Waals surface area contributed by atoms with E-state index < -0.39 is 11.7 Å². The van der Waals surface area contributed by atoms with Crippen LogP contribution in [0.2, 0.25) is 0 Å². The van der Waals surface area contributed by atoms with Crippen LogP contribution < -0.4 is 5.32 Å². The second kappa shape index (κ2) is 5.45. The molecule has 0 atom stereocenters. The third-order valence-corrected chi connectivity index (χ3v) is 2.68. The minimum Gasteiger partial charge on any atom is -0.381 e. The van der Waals surface area contributed by atoms with Gasteiger partial charge in [-0.3, -0.25) is 0 Å². The minimum absolute atomic E-state index is 0.422. The Morgan fingerprint density at radius 3 is 2.59 bits per heavy atom. The van der Waals surface area contributed by atoms with Gasteiger partial charge in [-0.1, -0.05) is 17.7 Å². The van der Waals surface area contributed by atoms with Gasteiger partial charge in [0.2, 0.25) is 0 Å². The van der Waals surface area contributed by atoms with E-state index in [0.29, 0.717) is 12.2 Å². The number of aryl methyl sites for hydroxylation is 1. The lowest BCUT2D eigenvalue weighted by Gasteiger charge is -2.13. The SMILES string of the molecule is C/C(=C/Cl)CNc1cc(C(F)(F)F)ccc1C. The van der Waals surface area contributed by atoms with Crippen LogP contribution in [0, 0.1) is 6.92 Å². The number of halogens is 4. The van der Waals surface area contributed by atoms with Crippen LogP contribution >= 0.6 is 11.6 Å². The Morgan fingerprint density at radius 1 is 1.41 bits per heavy atom. The number of hydrogen-bond acceptors (Lipinski definition) is 1. The number of alkyl halides is 3. The summed E-state index contributed by atoms with van der Waals surface area (Å²) in [6, 6.07) is 3.63. The Bertz CT molecular complexity index is 424. The van der Waals surface area contributed by atoms with Crippen molar-refractivity contribution in [3.8, 4) is 0 Å². The fourth-order valence-corrected chi connectivity index (χ4v) is 1.34. The van der Waals surface area contributed by atoms with Gasteiger partial charge in [-0.2, -0.15) is 13.2 Å². The highest BCUT2D eigenvalue weighted by Crippen LogP contribution is 2.32. The van der Waals surface area contributed by atoms with Gasteiger partial charge in [0.1, 0.15) is 0 Å². The summed E-state index contributed by atoms with van der Waals surface area (Å²) in [5, 5.41) is 2.92. The zero-order valence-corrected chi connectivity index (χ0v) is 10.3. The van der Waals surface area contributed by atoms with Crippen molar-refractivity contribution in [2.24, 2.45) is 0 Å². The van der Waals surface area contributed by atoms with Crippen LogP contribution in [-0.4, -0.2) is 6.54 Å². The van der Waals surface area contributed by atoms with Crippen molar-refractivity contribution in [3.05, 3.63) is 40.4 Å². The van der Waals surface area contributed by atoms with E-state index >= 15 is 0 Å². The van der Waals surface area contributed by atoms with Gasteiger partial charge < -0.3 is 5.32 Å². The third kappa shape index (κ3) is 3.97. The molecule has 1 rings (SSSR count). The fourth-order valence-electron chi connectivity index (χ4n) is 1.26. The Hall–Kier alpha value is -1.16. The lowest BCUT2D eigenvalue weighted by Crippen LogP contribution is -2.08. The van der Waals surface area contributed by atoms with Crippen LogP contribution in [0.5, 0.6) is 0 Å². The Morgan fingerprint density at radius 2 is 2.06 bits per heavy atom. The molecule has 0 amide bonds. The molecule has 0 fully saturated rings. The van der Waals surface area contributed by atoms with Crippen LogP contribution in [0.4, 0.5) is 18.9 Å². The van der Waals surface area contributed by atoms with E-state index in [0.717, 1.165) is 23.3 Å². The molecule has 5 heteroatoms. The second-order valence-electron chi connectivity index (χ2n) is 3.84. The second-order valence-corrected chi connectivity index (χ2v) is 4.05. The molecule has 0 radical (unpaired) electrons. The molecule has 0 aliphatic carbocycles. The van der Waals surface area contributed by atoms with Gasteiger partial charge in [-0.05, 0) is 37.1 Å². The number of rotatable bonds is 3. The zero-order valence-electron chi connectivity index (χ0n) is 9.53. The maximum Gasteiger partial charge on any atom is 0.416 e. The summed E-state index contributed by atoms with van der Waals surface area (Å²) in [6.07, 6.45) is -4.32. The van der Waals surface area contributed by atoms with E-state index in [4.69, 9.17) is 11.6 Å². The van der Waals surface area contributed by atoms with Crippen LogP contribution in [0.1, 0.15) is 18.1 Å². The van der Waals surface area contributed by atoms with Gasteiger partial charge in [0.05, 0.1) is 5.56 Å². The summed E-state index contributed by atoms with van der Waals surface area (Å²) < 4.78 is 37.5. The molecule has 0 aliphatic rings. The molecule has 0 aromatic heterocycles. The van der Waals surface area contributed by atoms with Crippen LogP contribution in [0.25, 0.3) is 0 Å². The third-order valence-electron chi connectivity index (χ3n) is 2.31. The fraction of sp³-hybridized carbons (Fsp3) is 0.333. The van der Waals surface area contributed by atoms with E-state index in [-0.39, 0.29) is 0 Å². The Balaban J connectivity index is 2.91. The molecule has 0 spiro atoms. The number of hydrogen-bond donors (Lipinski definition) is 1. The monoisotopic (exact) mass is 263 g/mol. The van der Waals surface area contributed by atoms with Gasteiger partial charge >= 0.3 is 6.18 Å². The number of benzene rings is 1. The van der Waals surface area contributed by atoms with Crippen molar-refractivity contribution in [3.63, 3.8) is 0 Å². The molecule has 1 N–H and O–H groups in total. The highest BCUT2D eigenvalue weighted by Gasteiger charge is 2.30. The smallest absolute Gasteiger partial charge is 0.381 e. The number of anilines is 1. The molecule has 0 saturated carbocycles. The van der Waals surface area contributed by atoms with Gasteiger partial charge in [0, 0.05) is 17.8 Å². The van der Waals surface area contributed by atoms with Crippen molar-refractivity contribution < 1.29 is 13.2 Å². The maximum atomic E-state index is 12.5. The molecule has 1 nitrogen and oxygen atoms in total. The van der Waals surface area contributed by atoms with Crippen molar-refractivity contribution in [2.45, 2.75) is 20.0 Å². The van der Waals surface area contributed by atoms with Crippen molar-refractivity contribution in [2.75, 3.05) is 11.9 Å². The molecular formula is C12H13ClF3N. The first-order chi connectivity index (χ1) is 7.84. The van der Waals surface area contributed by atoms with Crippen LogP contribution in [-0.2, 0) is 6.18 Å². The summed E-state index contributed by atoms with van der Waals surface area (Å²) in [5.41, 5.74) is 2.83. The summed E-state index contributed by atoms with van der Waals surface area (Å²) >= 11 is 5.48. The molecule has 0 saturated heterocycles. The lowest BCUT2D eigenvalue weighted by atomic mass is 10.1. The first kappa shape index (κ1) is 13.9. The first-order valence-electron chi connectivity index (χ1n) is 5.02. The van der Waals surface area contributed by atoms with Crippen molar-refractivity contribution in [1.82, 2.24) is 0 Å². The molecule has 0 unspecified atom stereocenters. The van der Waals surface area contributed by atoms with Crippen molar-refractivity contribution in [1.29, 1.82) is 0 Å². The molecule has 0 aliphatic heterocycles.